The van der Waals surface area contributed by atoms with Crippen LogP contribution in [0.2, 0.25) is 0 Å². The first-order chi connectivity index (χ1) is 23.1. The van der Waals surface area contributed by atoms with Crippen molar-refractivity contribution in [2.24, 2.45) is 0 Å². The maximum atomic E-state index is 12.2. The molecule has 0 amide bonds. The van der Waals surface area contributed by atoms with Crippen molar-refractivity contribution >= 4 is 11.9 Å². The van der Waals surface area contributed by atoms with Gasteiger partial charge in [0.2, 0.25) is 0 Å². The number of carbonyl (C=O) groups is 2. The van der Waals surface area contributed by atoms with E-state index in [-0.39, 0.29) is 25.2 Å². The molecule has 0 aliphatic heterocycles. The van der Waals surface area contributed by atoms with E-state index in [1.54, 1.807) is 0 Å². The Morgan fingerprint density at radius 2 is 0.660 bits per heavy atom. The van der Waals surface area contributed by atoms with Crippen LogP contribution in [0.1, 0.15) is 239 Å². The third kappa shape index (κ3) is 37.6. The minimum absolute atomic E-state index is 0.0580. The van der Waals surface area contributed by atoms with Crippen LogP contribution < -0.4 is 0 Å². The van der Waals surface area contributed by atoms with Crippen LogP contribution in [0.3, 0.4) is 0 Å². The summed E-state index contributed by atoms with van der Waals surface area (Å²) in [4.78, 5) is 24.1. The molecule has 1 atom stereocenters. The molecular formula is C42H82O5. The number of esters is 2. The van der Waals surface area contributed by atoms with Crippen molar-refractivity contribution in [1.29, 1.82) is 0 Å². The molecule has 0 aromatic rings. The molecule has 0 saturated carbocycles. The smallest absolute Gasteiger partial charge is 0.306 e. The molecule has 0 aliphatic rings. The molecule has 0 spiro atoms. The Morgan fingerprint density at radius 3 is 0.936 bits per heavy atom. The van der Waals surface area contributed by atoms with Gasteiger partial charge in [-0.15, -0.1) is 0 Å². The molecule has 0 saturated heterocycles. The van der Waals surface area contributed by atoms with Crippen molar-refractivity contribution in [2.75, 3.05) is 13.2 Å². The van der Waals surface area contributed by atoms with E-state index in [1.165, 1.54) is 173 Å². The van der Waals surface area contributed by atoms with Crippen molar-refractivity contribution < 1.29 is 24.2 Å². The molecule has 5 heteroatoms. The van der Waals surface area contributed by atoms with Crippen molar-refractivity contribution in [3.63, 3.8) is 0 Å². The lowest BCUT2D eigenvalue weighted by Gasteiger charge is -2.15. The summed E-state index contributed by atoms with van der Waals surface area (Å²) in [5, 5.41) is 9.52. The monoisotopic (exact) mass is 667 g/mol. The molecule has 0 aliphatic carbocycles. The van der Waals surface area contributed by atoms with E-state index < -0.39 is 6.10 Å². The Labute approximate surface area is 293 Å². The highest BCUT2D eigenvalue weighted by molar-refractivity contribution is 5.70. The Kier molecular flexibility index (Phi) is 38.4. The predicted molar refractivity (Wildman–Crippen MR) is 201 cm³/mol. The minimum atomic E-state index is -0.760. The van der Waals surface area contributed by atoms with Gasteiger partial charge in [-0.2, -0.15) is 0 Å². The minimum Gasteiger partial charge on any atom is -0.462 e. The van der Waals surface area contributed by atoms with E-state index in [0.29, 0.717) is 12.8 Å². The molecule has 0 aromatic carbocycles. The zero-order valence-electron chi connectivity index (χ0n) is 31.8. The highest BCUT2D eigenvalue weighted by Crippen LogP contribution is 2.16. The van der Waals surface area contributed by atoms with Gasteiger partial charge in [0.05, 0.1) is 6.61 Å². The van der Waals surface area contributed by atoms with E-state index in [1.807, 2.05) is 0 Å². The van der Waals surface area contributed by atoms with Gasteiger partial charge in [-0.25, -0.2) is 0 Å². The number of carbonyl (C=O) groups excluding carboxylic acids is 2. The van der Waals surface area contributed by atoms with Crippen LogP contribution in [0.25, 0.3) is 0 Å². The molecule has 0 rings (SSSR count). The van der Waals surface area contributed by atoms with Gasteiger partial charge in [0, 0.05) is 12.8 Å². The summed E-state index contributed by atoms with van der Waals surface area (Å²) in [6.45, 7) is 4.13. The Morgan fingerprint density at radius 1 is 0.404 bits per heavy atom. The van der Waals surface area contributed by atoms with Crippen LogP contribution in [0.4, 0.5) is 0 Å². The largest absolute Gasteiger partial charge is 0.462 e. The number of aliphatic hydroxyl groups excluding tert-OH is 1. The summed E-state index contributed by atoms with van der Waals surface area (Å²) >= 11 is 0. The Balaban J connectivity index is 3.38. The zero-order chi connectivity index (χ0) is 34.3. The van der Waals surface area contributed by atoms with Gasteiger partial charge in [0.15, 0.2) is 6.10 Å². The lowest BCUT2D eigenvalue weighted by molar-refractivity contribution is -0.161. The van der Waals surface area contributed by atoms with Crippen LogP contribution in [0, 0.1) is 0 Å². The molecule has 5 nitrogen and oxygen atoms in total. The van der Waals surface area contributed by atoms with Gasteiger partial charge in [-0.3, -0.25) is 9.59 Å². The first kappa shape index (κ1) is 45.9. The van der Waals surface area contributed by atoms with Crippen LogP contribution >= 0.6 is 0 Å². The number of aliphatic hydroxyl groups is 1. The molecule has 1 N–H and O–H groups in total. The third-order valence-electron chi connectivity index (χ3n) is 9.65. The van der Waals surface area contributed by atoms with E-state index in [9.17, 15) is 14.7 Å². The van der Waals surface area contributed by atoms with E-state index in [0.717, 1.165) is 38.5 Å². The van der Waals surface area contributed by atoms with Gasteiger partial charge in [-0.05, 0) is 12.8 Å². The number of unbranched alkanes of at least 4 members (excludes halogenated alkanes) is 31. The van der Waals surface area contributed by atoms with Gasteiger partial charge >= 0.3 is 11.9 Å². The van der Waals surface area contributed by atoms with E-state index in [2.05, 4.69) is 13.8 Å². The molecule has 0 aromatic heterocycles. The standard InChI is InChI=1S/C42H82O5/c1-3-5-7-9-11-13-14-15-16-17-18-19-20-21-22-23-24-25-26-27-28-29-31-33-35-37-42(45)47-40(38-43)39-46-41(44)36-34-32-30-12-10-8-6-4-2/h40,43H,3-39H2,1-2H3. The first-order valence-electron chi connectivity index (χ1n) is 21.1. The van der Waals surface area contributed by atoms with Crippen molar-refractivity contribution in [2.45, 2.75) is 245 Å². The fourth-order valence-corrected chi connectivity index (χ4v) is 6.44. The molecule has 0 bridgehead atoms. The van der Waals surface area contributed by atoms with Crippen LogP contribution in [0.15, 0.2) is 0 Å². The summed E-state index contributed by atoms with van der Waals surface area (Å²) in [6, 6.07) is 0. The third-order valence-corrected chi connectivity index (χ3v) is 9.65. The summed E-state index contributed by atoms with van der Waals surface area (Å²) < 4.78 is 10.6. The SMILES string of the molecule is CCCCCCCCCCCCCCCCCCCCCCCCCCCC(=O)OC(CO)COC(=O)CCCCCCCCCC. The van der Waals surface area contributed by atoms with Crippen molar-refractivity contribution in [3.8, 4) is 0 Å². The first-order valence-corrected chi connectivity index (χ1v) is 21.1. The fraction of sp³-hybridized carbons (Fsp3) is 0.952. The molecule has 0 radical (unpaired) electrons. The second-order valence-electron chi connectivity index (χ2n) is 14.4. The predicted octanol–water partition coefficient (Wildman–Crippen LogP) is 13.1. The van der Waals surface area contributed by atoms with E-state index >= 15 is 0 Å². The van der Waals surface area contributed by atoms with Gasteiger partial charge in [0.25, 0.3) is 0 Å². The quantitative estimate of drug-likeness (QED) is 0.0522. The number of ether oxygens (including phenoxy) is 2. The number of rotatable bonds is 39. The van der Waals surface area contributed by atoms with Gasteiger partial charge in [-0.1, -0.05) is 213 Å². The average Bonchev–Trinajstić information content (AvgIpc) is 3.07. The zero-order valence-corrected chi connectivity index (χ0v) is 31.8. The van der Waals surface area contributed by atoms with Crippen LogP contribution in [-0.4, -0.2) is 36.4 Å². The highest BCUT2D eigenvalue weighted by atomic mass is 16.6. The van der Waals surface area contributed by atoms with Crippen molar-refractivity contribution in [3.05, 3.63) is 0 Å². The topological polar surface area (TPSA) is 72.8 Å². The maximum absolute atomic E-state index is 12.2. The second kappa shape index (κ2) is 39.3. The average molecular weight is 667 g/mol. The molecular weight excluding hydrogens is 584 g/mol. The lowest BCUT2D eigenvalue weighted by atomic mass is 10.0. The van der Waals surface area contributed by atoms with Crippen LogP contribution in [-0.2, 0) is 19.1 Å². The Bertz CT molecular complexity index is 637. The second-order valence-corrected chi connectivity index (χ2v) is 14.4. The van der Waals surface area contributed by atoms with E-state index in [4.69, 9.17) is 9.47 Å². The summed E-state index contributed by atoms with van der Waals surface area (Å²) in [5.41, 5.74) is 0. The summed E-state index contributed by atoms with van der Waals surface area (Å²) in [6.07, 6.45) is 43.4. The maximum Gasteiger partial charge on any atom is 0.306 e. The lowest BCUT2D eigenvalue weighted by Crippen LogP contribution is -2.28. The molecule has 0 heterocycles. The molecule has 280 valence electrons. The van der Waals surface area contributed by atoms with Gasteiger partial charge < -0.3 is 14.6 Å². The number of hydrogen-bond acceptors (Lipinski definition) is 5. The van der Waals surface area contributed by atoms with Crippen LogP contribution in [0.5, 0.6) is 0 Å². The van der Waals surface area contributed by atoms with Gasteiger partial charge in [0.1, 0.15) is 6.61 Å². The number of hydrogen-bond donors (Lipinski definition) is 1. The van der Waals surface area contributed by atoms with Crippen molar-refractivity contribution in [1.82, 2.24) is 0 Å². The molecule has 1 unspecified atom stereocenters. The summed E-state index contributed by atoms with van der Waals surface area (Å²) in [7, 11) is 0. The molecule has 47 heavy (non-hydrogen) atoms. The Hall–Kier alpha value is -1.10. The summed E-state index contributed by atoms with van der Waals surface area (Å²) in [5.74, 6) is -0.581. The highest BCUT2D eigenvalue weighted by Gasteiger charge is 2.16. The fourth-order valence-electron chi connectivity index (χ4n) is 6.44. The molecule has 0 fully saturated rings. The normalized spacial score (nSPS) is 12.0.